The average molecular weight is 809 g/mol. The van der Waals surface area contributed by atoms with Crippen molar-refractivity contribution in [1.29, 1.82) is 0 Å². The summed E-state index contributed by atoms with van der Waals surface area (Å²) in [5.74, 6) is -0.857. The van der Waals surface area contributed by atoms with Crippen LogP contribution in [0.3, 0.4) is 0 Å². The number of methoxy groups -OCH3 is 1. The number of alkyl carbamates (subject to hydrolysis) is 2. The van der Waals surface area contributed by atoms with Gasteiger partial charge in [-0.15, -0.1) is 0 Å². The minimum Gasteiger partial charge on any atom is -0.488 e. The van der Waals surface area contributed by atoms with Gasteiger partial charge in [0.2, 0.25) is 0 Å². The van der Waals surface area contributed by atoms with Crippen molar-refractivity contribution >= 4 is 24.1 Å². The lowest BCUT2D eigenvalue weighted by molar-refractivity contribution is -0.143. The van der Waals surface area contributed by atoms with Crippen LogP contribution >= 0.6 is 0 Å². The van der Waals surface area contributed by atoms with E-state index in [4.69, 9.17) is 34.7 Å². The molecule has 0 radical (unpaired) electrons. The predicted molar refractivity (Wildman–Crippen MR) is 214 cm³/mol. The molecule has 2 atom stereocenters. The van der Waals surface area contributed by atoms with E-state index in [0.717, 1.165) is 27.8 Å². The number of benzene rings is 4. The van der Waals surface area contributed by atoms with Crippen LogP contribution in [0, 0.1) is 0 Å². The van der Waals surface area contributed by atoms with Gasteiger partial charge in [-0.25, -0.2) is 19.2 Å². The monoisotopic (exact) mass is 808 g/mol. The van der Waals surface area contributed by atoms with Crippen LogP contribution in [-0.2, 0) is 36.6 Å². The van der Waals surface area contributed by atoms with E-state index >= 15 is 0 Å². The Balaban J connectivity index is 0.000000275. The Bertz CT molecular complexity index is 2120. The first kappa shape index (κ1) is 44.3. The zero-order valence-corrected chi connectivity index (χ0v) is 32.8. The number of carboxylic acid groups (broad SMARTS) is 1. The highest BCUT2D eigenvalue weighted by molar-refractivity contribution is 5.82. The van der Waals surface area contributed by atoms with E-state index in [1.54, 1.807) is 69.3 Å². The maximum absolute atomic E-state index is 12.5. The van der Waals surface area contributed by atoms with Gasteiger partial charge in [0.05, 0.1) is 7.11 Å². The molecule has 308 valence electrons. The third-order valence-corrected chi connectivity index (χ3v) is 8.54. The van der Waals surface area contributed by atoms with Crippen molar-refractivity contribution in [3.05, 3.63) is 140 Å². The quantitative estimate of drug-likeness (QED) is 0.0325. The third-order valence-electron chi connectivity index (χ3n) is 8.54. The molecule has 2 unspecified atom stereocenters. The summed E-state index contributed by atoms with van der Waals surface area (Å²) >= 11 is 0. The van der Waals surface area contributed by atoms with Crippen molar-refractivity contribution in [2.75, 3.05) is 27.2 Å². The maximum Gasteiger partial charge on any atom is 0.408 e. The van der Waals surface area contributed by atoms with Crippen LogP contribution in [0.4, 0.5) is 9.59 Å². The van der Waals surface area contributed by atoms with Crippen LogP contribution in [0.15, 0.2) is 107 Å². The highest BCUT2D eigenvalue weighted by Crippen LogP contribution is 2.44. The largest absolute Gasteiger partial charge is 0.488 e. The molecule has 0 heterocycles. The molecule has 4 aromatic carbocycles. The number of nitrogens with zero attached hydrogens (tertiary/aromatic N) is 6. The number of carboxylic acids is 1. The summed E-state index contributed by atoms with van der Waals surface area (Å²) in [4.78, 5) is 53.2. The van der Waals surface area contributed by atoms with Gasteiger partial charge in [-0.1, -0.05) is 83.0 Å². The molecular formula is C41H44N8O10. The van der Waals surface area contributed by atoms with E-state index in [1.165, 1.54) is 7.11 Å². The Morgan fingerprint density at radius 3 is 1.61 bits per heavy atom. The third kappa shape index (κ3) is 13.9. The predicted octanol–water partition coefficient (Wildman–Crippen LogP) is 7.81. The first-order valence-corrected chi connectivity index (χ1v) is 18.2. The molecule has 18 heteroatoms. The van der Waals surface area contributed by atoms with Gasteiger partial charge in [-0.3, -0.25) is 0 Å². The number of azide groups is 2. The molecule has 0 aliphatic heterocycles. The normalized spacial score (nSPS) is 12.2. The Morgan fingerprint density at radius 2 is 1.17 bits per heavy atom. The molecule has 3 N–H and O–H groups in total. The lowest BCUT2D eigenvalue weighted by Crippen LogP contribution is -2.45. The van der Waals surface area contributed by atoms with Gasteiger partial charge in [-0.05, 0) is 89.5 Å². The number of hydrogen-bond acceptors (Lipinski definition) is 11. The molecule has 0 bridgehead atoms. The first-order valence-electron chi connectivity index (χ1n) is 18.2. The minimum absolute atomic E-state index is 0.0656. The van der Waals surface area contributed by atoms with E-state index < -0.39 is 41.8 Å². The maximum atomic E-state index is 12.5. The Kier molecular flexibility index (Phi) is 16.3. The zero-order valence-electron chi connectivity index (χ0n) is 32.8. The number of aliphatic carboxylic acids is 1. The van der Waals surface area contributed by atoms with Crippen molar-refractivity contribution in [1.82, 2.24) is 10.6 Å². The molecule has 0 fully saturated rings. The van der Waals surface area contributed by atoms with Gasteiger partial charge in [0.1, 0.15) is 35.8 Å². The Morgan fingerprint density at radius 1 is 0.712 bits per heavy atom. The molecule has 18 nitrogen and oxygen atoms in total. The molecule has 0 saturated carbocycles. The first-order chi connectivity index (χ1) is 28.3. The molecule has 0 spiro atoms. The number of rotatable bonds is 16. The highest BCUT2D eigenvalue weighted by Gasteiger charge is 2.30. The van der Waals surface area contributed by atoms with Crippen LogP contribution in [0.2, 0.25) is 0 Å². The van der Waals surface area contributed by atoms with Crippen molar-refractivity contribution in [2.24, 2.45) is 10.2 Å². The number of ether oxygens (including phenoxy) is 5. The molecule has 59 heavy (non-hydrogen) atoms. The Hall–Kier alpha value is -7.42. The van der Waals surface area contributed by atoms with E-state index in [1.807, 2.05) is 48.5 Å². The van der Waals surface area contributed by atoms with E-state index in [9.17, 15) is 24.3 Å². The number of carbonyl (C=O) groups is 4. The number of carbonyl (C=O) groups excluding carboxylic acids is 3. The minimum atomic E-state index is -1.17. The summed E-state index contributed by atoms with van der Waals surface area (Å²) in [5, 5.41) is 21.1. The van der Waals surface area contributed by atoms with Crippen LogP contribution in [0.5, 0.6) is 11.5 Å². The molecule has 0 aromatic heterocycles. The van der Waals surface area contributed by atoms with E-state index in [2.05, 4.69) is 30.7 Å². The number of esters is 1. The molecule has 5 rings (SSSR count). The van der Waals surface area contributed by atoms with Gasteiger partial charge in [0, 0.05) is 28.6 Å². The van der Waals surface area contributed by atoms with Crippen molar-refractivity contribution in [2.45, 2.75) is 57.2 Å². The van der Waals surface area contributed by atoms with Crippen LogP contribution in [0.25, 0.3) is 32.0 Å². The van der Waals surface area contributed by atoms with E-state index in [0.29, 0.717) is 17.1 Å². The summed E-state index contributed by atoms with van der Waals surface area (Å²) in [7, 11) is 1.25. The van der Waals surface area contributed by atoms with Crippen LogP contribution < -0.4 is 20.1 Å². The Labute approximate surface area is 339 Å². The van der Waals surface area contributed by atoms with Crippen molar-refractivity contribution in [3.8, 4) is 22.6 Å². The summed E-state index contributed by atoms with van der Waals surface area (Å²) < 4.78 is 25.8. The second kappa shape index (κ2) is 21.8. The molecule has 1 aliphatic rings. The number of hydrogen-bond donors (Lipinski definition) is 3. The summed E-state index contributed by atoms with van der Waals surface area (Å²) in [6, 6.07) is 27.4. The van der Waals surface area contributed by atoms with E-state index in [-0.39, 0.29) is 38.8 Å². The fraction of sp³-hybridized carbons (Fsp3) is 0.317. The van der Waals surface area contributed by atoms with Crippen molar-refractivity contribution < 1.29 is 48.0 Å². The second-order valence-electron chi connectivity index (χ2n) is 13.8. The highest BCUT2D eigenvalue weighted by atomic mass is 16.6. The fourth-order valence-corrected chi connectivity index (χ4v) is 5.94. The molecular weight excluding hydrogens is 764 g/mol. The van der Waals surface area contributed by atoms with Crippen molar-refractivity contribution in [3.63, 3.8) is 0 Å². The topological polar surface area (TPSA) is 256 Å². The fourth-order valence-electron chi connectivity index (χ4n) is 5.94. The van der Waals surface area contributed by atoms with Gasteiger partial charge in [0.25, 0.3) is 0 Å². The number of nitrogens with one attached hydrogen (secondary N) is 2. The van der Waals surface area contributed by atoms with Crippen LogP contribution in [-0.4, -0.2) is 74.1 Å². The SMILES string of the molecule is COC(=O)C(Cc1ccc(OCN=[N+]=[N-])cc1)NC(=O)OC(C)(C)C.[N-]=[N+]=NCOc1ccc(CC(NC(=O)OCC2c3ccccc3-c3ccccc32)C(=O)O)cc1. The van der Waals surface area contributed by atoms with Gasteiger partial charge >= 0.3 is 24.1 Å². The van der Waals surface area contributed by atoms with Gasteiger partial charge < -0.3 is 39.4 Å². The second-order valence-corrected chi connectivity index (χ2v) is 13.8. The summed E-state index contributed by atoms with van der Waals surface area (Å²) in [5.41, 5.74) is 21.6. The molecule has 1 aliphatic carbocycles. The summed E-state index contributed by atoms with van der Waals surface area (Å²) in [6.07, 6.45) is -1.19. The zero-order chi connectivity index (χ0) is 42.8. The van der Waals surface area contributed by atoms with Gasteiger partial charge in [-0.2, -0.15) is 0 Å². The lowest BCUT2D eigenvalue weighted by atomic mass is 9.98. The molecule has 0 saturated heterocycles. The smallest absolute Gasteiger partial charge is 0.408 e. The average Bonchev–Trinajstić information content (AvgIpc) is 3.53. The molecule has 2 amide bonds. The van der Waals surface area contributed by atoms with Crippen LogP contribution in [0.1, 0.15) is 48.9 Å². The lowest BCUT2D eigenvalue weighted by Gasteiger charge is -2.22. The standard InChI is InChI=1S/C25H22N4O5.C16H22N4O5/c26-29-27-15-34-17-11-9-16(10-12-17)13-23(24(30)31)28-25(32)33-14-22-20-7-3-1-5-18(20)19-6-2-4-8-21(19)22;1-16(2,3)25-15(22)19-13(14(21)23-4)9-11-5-7-12(8-6-11)24-10-18-20-17/h1-12,22-23H,13-15H2,(H,28,32)(H,30,31);5-8,13H,9-10H2,1-4H3,(H,19,22). The van der Waals surface area contributed by atoms with Gasteiger partial charge in [0.15, 0.2) is 13.5 Å². The number of amides is 2. The molecule has 4 aromatic rings. The summed E-state index contributed by atoms with van der Waals surface area (Å²) in [6.45, 7) is 5.04. The number of fused-ring (bicyclic) bond motifs is 3.